The first-order valence-electron chi connectivity index (χ1n) is 7.81. The lowest BCUT2D eigenvalue weighted by molar-refractivity contribution is -0.141. The average Bonchev–Trinajstić information content (AvgIpc) is 2.49. The number of carboxylic acid groups (broad SMARTS) is 1. The van der Waals surface area contributed by atoms with Gasteiger partial charge in [-0.15, -0.1) is 0 Å². The molecule has 0 bridgehead atoms. The van der Waals surface area contributed by atoms with E-state index in [9.17, 15) is 24.2 Å². The van der Waals surface area contributed by atoms with E-state index in [0.29, 0.717) is 5.56 Å². The average molecular weight is 389 g/mol. The molecule has 3 atom stereocenters. The second kappa shape index (κ2) is 9.14. The number of rotatable bonds is 8. The highest BCUT2D eigenvalue weighted by Crippen LogP contribution is 2.45. The number of nitrogens with one attached hydrogen (secondary N) is 1. The van der Waals surface area contributed by atoms with Gasteiger partial charge in [-0.25, -0.2) is 14.2 Å². The summed E-state index contributed by atoms with van der Waals surface area (Å²) in [5, 5.41) is 11.3. The molecule has 0 saturated carbocycles. The van der Waals surface area contributed by atoms with Crippen molar-refractivity contribution in [2.45, 2.75) is 52.0 Å². The molecule has 0 spiro atoms. The lowest BCUT2D eigenvalue weighted by atomic mass is 10.2. The van der Waals surface area contributed by atoms with E-state index in [1.165, 1.54) is 6.92 Å². The Hall–Kier alpha value is -1.93. The summed E-state index contributed by atoms with van der Waals surface area (Å²) < 4.78 is 26.7. The fraction of sp³-hybridized carbons (Fsp3) is 0.500. The molecule has 0 aliphatic carbocycles. The first kappa shape index (κ1) is 22.1. The summed E-state index contributed by atoms with van der Waals surface area (Å²) >= 11 is 0. The van der Waals surface area contributed by atoms with Crippen molar-refractivity contribution in [2.24, 2.45) is 0 Å². The monoisotopic (exact) mass is 389 g/mol. The molecule has 146 valence electrons. The van der Waals surface area contributed by atoms with Crippen LogP contribution in [0.3, 0.4) is 0 Å². The Morgan fingerprint density at radius 3 is 2.31 bits per heavy atom. The minimum absolute atomic E-state index is 0.196. The van der Waals surface area contributed by atoms with Gasteiger partial charge in [0.05, 0.1) is 12.7 Å². The van der Waals surface area contributed by atoms with E-state index >= 15 is 0 Å². The molecule has 10 heteroatoms. The molecule has 3 unspecified atom stereocenters. The lowest BCUT2D eigenvalue weighted by Gasteiger charge is -2.25. The molecule has 9 nitrogen and oxygen atoms in total. The Balaban J connectivity index is 2.67. The minimum atomic E-state index is -4.55. The fourth-order valence-corrected chi connectivity index (χ4v) is 2.76. The van der Waals surface area contributed by atoms with Crippen molar-refractivity contribution >= 4 is 19.9 Å². The van der Waals surface area contributed by atoms with Gasteiger partial charge in [-0.3, -0.25) is 9.05 Å². The molecule has 0 aliphatic heterocycles. The van der Waals surface area contributed by atoms with Crippen molar-refractivity contribution in [1.82, 2.24) is 5.32 Å². The maximum absolute atomic E-state index is 12.0. The molecular formula is C16H24NO8P. The number of carbonyl (C=O) groups excluding carboxylic acids is 1. The number of hydrogen-bond donors (Lipinski definition) is 3. The van der Waals surface area contributed by atoms with Gasteiger partial charge in [-0.1, -0.05) is 30.3 Å². The van der Waals surface area contributed by atoms with Gasteiger partial charge in [0.1, 0.15) is 5.60 Å². The fourth-order valence-electron chi connectivity index (χ4n) is 1.85. The molecule has 0 aliphatic rings. The number of alkyl carbamates (subject to hydrolysis) is 1. The minimum Gasteiger partial charge on any atom is -0.480 e. The molecule has 0 aromatic heterocycles. The normalized spacial score (nSPS) is 16.2. The van der Waals surface area contributed by atoms with Crippen molar-refractivity contribution in [3.63, 3.8) is 0 Å². The van der Waals surface area contributed by atoms with Gasteiger partial charge in [-0.2, -0.15) is 0 Å². The number of hydrogen-bond acceptors (Lipinski definition) is 6. The number of phosphoric acid groups is 1. The highest BCUT2D eigenvalue weighted by atomic mass is 31.2. The molecule has 26 heavy (non-hydrogen) atoms. The van der Waals surface area contributed by atoms with Crippen LogP contribution in [-0.2, 0) is 29.8 Å². The van der Waals surface area contributed by atoms with Crippen LogP contribution < -0.4 is 5.32 Å². The van der Waals surface area contributed by atoms with Crippen molar-refractivity contribution < 1.29 is 37.9 Å². The maximum Gasteiger partial charge on any atom is 0.472 e. The van der Waals surface area contributed by atoms with Gasteiger partial charge in [0.15, 0.2) is 6.04 Å². The van der Waals surface area contributed by atoms with Crippen LogP contribution in [-0.4, -0.2) is 39.8 Å². The number of carbonyl (C=O) groups is 2. The summed E-state index contributed by atoms with van der Waals surface area (Å²) in [5.74, 6) is -1.45. The van der Waals surface area contributed by atoms with Crippen LogP contribution in [0.1, 0.15) is 33.3 Å². The summed E-state index contributed by atoms with van der Waals surface area (Å²) in [6.45, 7) is 5.87. The van der Waals surface area contributed by atoms with Crippen LogP contribution in [0.25, 0.3) is 0 Å². The van der Waals surface area contributed by atoms with E-state index < -0.39 is 37.6 Å². The van der Waals surface area contributed by atoms with Crippen LogP contribution >= 0.6 is 7.82 Å². The number of aliphatic carboxylic acids is 1. The van der Waals surface area contributed by atoms with E-state index in [4.69, 9.17) is 13.8 Å². The summed E-state index contributed by atoms with van der Waals surface area (Å²) in [6, 6.07) is 7.01. The summed E-state index contributed by atoms with van der Waals surface area (Å²) in [4.78, 5) is 32.9. The highest BCUT2D eigenvalue weighted by Gasteiger charge is 2.35. The molecule has 0 saturated heterocycles. The van der Waals surface area contributed by atoms with Gasteiger partial charge in [0, 0.05) is 0 Å². The molecule has 1 aromatic rings. The van der Waals surface area contributed by atoms with Gasteiger partial charge in [0.2, 0.25) is 0 Å². The zero-order chi connectivity index (χ0) is 20.0. The summed E-state index contributed by atoms with van der Waals surface area (Å²) in [6.07, 6.45) is -2.34. The molecular weight excluding hydrogens is 365 g/mol. The van der Waals surface area contributed by atoms with E-state index in [-0.39, 0.29) is 6.61 Å². The van der Waals surface area contributed by atoms with Crippen LogP contribution in [0.2, 0.25) is 0 Å². The van der Waals surface area contributed by atoms with Crippen molar-refractivity contribution in [2.75, 3.05) is 0 Å². The molecule has 0 radical (unpaired) electrons. The zero-order valence-corrected chi connectivity index (χ0v) is 15.9. The SMILES string of the molecule is CC(OP(=O)(O)OCc1ccccc1)C(NC(=O)OC(C)(C)C)C(=O)O. The van der Waals surface area contributed by atoms with Crippen LogP contribution in [0, 0.1) is 0 Å². The number of carboxylic acids is 1. The Morgan fingerprint density at radius 1 is 1.23 bits per heavy atom. The lowest BCUT2D eigenvalue weighted by Crippen LogP contribution is -2.49. The Bertz CT molecular complexity index is 658. The third-order valence-corrected chi connectivity index (χ3v) is 4.00. The number of phosphoric ester groups is 1. The predicted octanol–water partition coefficient (Wildman–Crippen LogP) is 2.69. The third kappa shape index (κ3) is 8.44. The largest absolute Gasteiger partial charge is 0.480 e. The van der Waals surface area contributed by atoms with E-state index in [2.05, 4.69) is 5.32 Å². The standard InChI is InChI=1S/C16H24NO8P/c1-11(13(14(18)19)17-15(20)24-16(2,3)4)25-26(21,22)23-10-12-8-6-5-7-9-12/h5-9,11,13H,10H2,1-4H3,(H,17,20)(H,18,19)(H,21,22). The number of benzene rings is 1. The zero-order valence-electron chi connectivity index (χ0n) is 15.0. The molecule has 1 rings (SSSR count). The number of amides is 1. The Morgan fingerprint density at radius 2 is 1.81 bits per heavy atom. The molecule has 0 heterocycles. The highest BCUT2D eigenvalue weighted by molar-refractivity contribution is 7.47. The van der Waals surface area contributed by atoms with Crippen LogP contribution in [0.15, 0.2) is 30.3 Å². The molecule has 1 aromatic carbocycles. The van der Waals surface area contributed by atoms with Gasteiger partial charge in [-0.05, 0) is 33.3 Å². The molecule has 0 fully saturated rings. The van der Waals surface area contributed by atoms with Crippen molar-refractivity contribution in [3.8, 4) is 0 Å². The predicted molar refractivity (Wildman–Crippen MR) is 92.4 cm³/mol. The van der Waals surface area contributed by atoms with Gasteiger partial charge < -0.3 is 20.1 Å². The molecule has 3 N–H and O–H groups in total. The smallest absolute Gasteiger partial charge is 0.472 e. The first-order valence-corrected chi connectivity index (χ1v) is 9.31. The van der Waals surface area contributed by atoms with Crippen molar-refractivity contribution in [3.05, 3.63) is 35.9 Å². The second-order valence-electron chi connectivity index (χ2n) is 6.50. The van der Waals surface area contributed by atoms with E-state index in [0.717, 1.165) is 0 Å². The first-order chi connectivity index (χ1) is 11.9. The van der Waals surface area contributed by atoms with E-state index in [1.54, 1.807) is 51.1 Å². The van der Waals surface area contributed by atoms with Crippen molar-refractivity contribution in [1.29, 1.82) is 0 Å². The second-order valence-corrected chi connectivity index (χ2v) is 7.91. The third-order valence-electron chi connectivity index (χ3n) is 2.94. The van der Waals surface area contributed by atoms with Gasteiger partial charge in [0.25, 0.3) is 0 Å². The summed E-state index contributed by atoms with van der Waals surface area (Å²) in [7, 11) is -4.55. The topological polar surface area (TPSA) is 131 Å². The van der Waals surface area contributed by atoms with E-state index in [1.807, 2.05) is 0 Å². The summed E-state index contributed by atoms with van der Waals surface area (Å²) in [5.41, 5.74) is -0.192. The Labute approximate surface area is 151 Å². The maximum atomic E-state index is 12.0. The number of ether oxygens (including phenoxy) is 1. The molecule has 1 amide bonds. The Kier molecular flexibility index (Phi) is 7.77. The van der Waals surface area contributed by atoms with Crippen LogP contribution in [0.5, 0.6) is 0 Å². The quantitative estimate of drug-likeness (QED) is 0.578. The van der Waals surface area contributed by atoms with Crippen LogP contribution in [0.4, 0.5) is 4.79 Å². The van der Waals surface area contributed by atoms with Gasteiger partial charge >= 0.3 is 19.9 Å².